The van der Waals surface area contributed by atoms with Crippen molar-refractivity contribution in [2.45, 2.75) is 5.92 Å². The number of hydrazone groups is 1. The van der Waals surface area contributed by atoms with Crippen LogP contribution in [0.1, 0.15) is 17.0 Å². The van der Waals surface area contributed by atoms with E-state index in [9.17, 15) is 10.1 Å². The van der Waals surface area contributed by atoms with Crippen molar-refractivity contribution >= 4 is 12.1 Å². The lowest BCUT2D eigenvalue weighted by Gasteiger charge is -2.08. The fourth-order valence-electron chi connectivity index (χ4n) is 2.10. The highest BCUT2D eigenvalue weighted by atomic mass is 16.5. The Morgan fingerprint density at radius 1 is 1.21 bits per heavy atom. The Bertz CT molecular complexity index is 767. The van der Waals surface area contributed by atoms with Crippen molar-refractivity contribution in [2.24, 2.45) is 5.10 Å². The van der Waals surface area contributed by atoms with Crippen LogP contribution in [0.15, 0.2) is 53.6 Å². The van der Waals surface area contributed by atoms with Gasteiger partial charge in [-0.25, -0.2) is 5.43 Å². The summed E-state index contributed by atoms with van der Waals surface area (Å²) in [4.78, 5) is 12.1. The lowest BCUT2D eigenvalue weighted by molar-refractivity contribution is -0.121. The molecule has 24 heavy (non-hydrogen) atoms. The van der Waals surface area contributed by atoms with Crippen LogP contribution in [0, 0.1) is 11.3 Å². The Morgan fingerprint density at radius 3 is 2.58 bits per heavy atom. The van der Waals surface area contributed by atoms with Gasteiger partial charge in [0.1, 0.15) is 11.5 Å². The summed E-state index contributed by atoms with van der Waals surface area (Å²) in [7, 11) is 3.10. The van der Waals surface area contributed by atoms with Gasteiger partial charge >= 0.3 is 0 Å². The molecule has 1 N–H and O–H groups in total. The number of ether oxygens (including phenoxy) is 2. The first-order valence-electron chi connectivity index (χ1n) is 7.19. The number of rotatable bonds is 6. The molecule has 0 saturated carbocycles. The minimum absolute atomic E-state index is 0.498. The van der Waals surface area contributed by atoms with E-state index in [0.717, 1.165) is 0 Å². The SMILES string of the molecule is COc1ccc(OC)c(/C=N\NC(=O)[C@H](C#N)c2ccccc2)c1. The molecule has 0 radical (unpaired) electrons. The largest absolute Gasteiger partial charge is 0.497 e. The van der Waals surface area contributed by atoms with E-state index in [1.807, 2.05) is 12.1 Å². The van der Waals surface area contributed by atoms with Gasteiger partial charge in [0.05, 0.1) is 26.5 Å². The lowest BCUT2D eigenvalue weighted by Crippen LogP contribution is -2.24. The van der Waals surface area contributed by atoms with Crippen LogP contribution in [0.25, 0.3) is 0 Å². The number of nitrogens with zero attached hydrogens (tertiary/aromatic N) is 2. The molecule has 6 heteroatoms. The van der Waals surface area contributed by atoms with E-state index in [-0.39, 0.29) is 0 Å². The smallest absolute Gasteiger partial charge is 0.261 e. The summed E-state index contributed by atoms with van der Waals surface area (Å²) < 4.78 is 10.4. The predicted octanol–water partition coefficient (Wildman–Crippen LogP) is 2.46. The molecule has 0 bridgehead atoms. The first kappa shape index (κ1) is 17.0. The molecule has 2 aromatic rings. The average molecular weight is 323 g/mol. The zero-order valence-corrected chi connectivity index (χ0v) is 13.4. The molecule has 0 saturated heterocycles. The summed E-state index contributed by atoms with van der Waals surface area (Å²) in [6.45, 7) is 0. The summed E-state index contributed by atoms with van der Waals surface area (Å²) in [5, 5.41) is 13.1. The highest BCUT2D eigenvalue weighted by Gasteiger charge is 2.19. The number of methoxy groups -OCH3 is 2. The van der Waals surface area contributed by atoms with Gasteiger partial charge < -0.3 is 9.47 Å². The molecule has 6 nitrogen and oxygen atoms in total. The van der Waals surface area contributed by atoms with Crippen LogP contribution in [0.4, 0.5) is 0 Å². The summed E-state index contributed by atoms with van der Waals surface area (Å²) in [5.74, 6) is -0.186. The number of carbonyl (C=O) groups excluding carboxylic acids is 1. The van der Waals surface area contributed by atoms with Gasteiger partial charge in [-0.15, -0.1) is 0 Å². The molecule has 0 heterocycles. The number of benzene rings is 2. The predicted molar refractivity (Wildman–Crippen MR) is 90.1 cm³/mol. The third-order valence-electron chi connectivity index (χ3n) is 3.34. The first-order chi connectivity index (χ1) is 11.7. The number of hydrogen-bond donors (Lipinski definition) is 1. The van der Waals surface area contributed by atoms with Crippen molar-refractivity contribution in [3.8, 4) is 17.6 Å². The standard InChI is InChI=1S/C18H17N3O3/c1-23-15-8-9-17(24-2)14(10-15)12-20-21-18(22)16(11-19)13-6-4-3-5-7-13/h3-10,12,16H,1-2H3,(H,21,22)/b20-12-/t16-/m1/s1. The fraction of sp³-hybridized carbons (Fsp3) is 0.167. The summed E-state index contributed by atoms with van der Waals surface area (Å²) in [5.41, 5.74) is 3.64. The van der Waals surface area contributed by atoms with Crippen LogP contribution < -0.4 is 14.9 Å². The fourth-order valence-corrected chi connectivity index (χ4v) is 2.10. The quantitative estimate of drug-likeness (QED) is 0.654. The van der Waals surface area contributed by atoms with E-state index >= 15 is 0 Å². The molecule has 2 aromatic carbocycles. The lowest BCUT2D eigenvalue weighted by atomic mass is 10.0. The molecule has 1 amide bonds. The van der Waals surface area contributed by atoms with Gasteiger partial charge in [-0.1, -0.05) is 30.3 Å². The van der Waals surface area contributed by atoms with Gasteiger partial charge in [-0.3, -0.25) is 4.79 Å². The topological polar surface area (TPSA) is 83.7 Å². The van der Waals surface area contributed by atoms with Crippen LogP contribution >= 0.6 is 0 Å². The number of carbonyl (C=O) groups is 1. The van der Waals surface area contributed by atoms with E-state index in [1.165, 1.54) is 6.21 Å². The third-order valence-corrected chi connectivity index (χ3v) is 3.34. The van der Waals surface area contributed by atoms with Crippen LogP contribution in [0.5, 0.6) is 11.5 Å². The maximum Gasteiger partial charge on any atom is 0.261 e. The van der Waals surface area contributed by atoms with Gasteiger partial charge in [-0.05, 0) is 23.8 Å². The van der Waals surface area contributed by atoms with Crippen molar-refractivity contribution in [2.75, 3.05) is 14.2 Å². The molecule has 0 aliphatic heterocycles. The Kier molecular flexibility index (Phi) is 5.92. The molecule has 0 spiro atoms. The number of amides is 1. The minimum atomic E-state index is -0.921. The van der Waals surface area contributed by atoms with E-state index < -0.39 is 11.8 Å². The monoisotopic (exact) mass is 323 g/mol. The molecule has 0 aliphatic rings. The molecule has 0 aromatic heterocycles. The highest BCUT2D eigenvalue weighted by molar-refractivity contribution is 5.89. The average Bonchev–Trinajstić information content (AvgIpc) is 2.63. The van der Waals surface area contributed by atoms with Crippen molar-refractivity contribution < 1.29 is 14.3 Å². The molecule has 122 valence electrons. The Balaban J connectivity index is 2.11. The second-order valence-corrected chi connectivity index (χ2v) is 4.81. The molecule has 2 rings (SSSR count). The normalized spacial score (nSPS) is 11.5. The van der Waals surface area contributed by atoms with Crippen LogP contribution in [0.2, 0.25) is 0 Å². The van der Waals surface area contributed by atoms with Crippen molar-refractivity contribution in [1.29, 1.82) is 5.26 Å². The van der Waals surface area contributed by atoms with Crippen molar-refractivity contribution in [1.82, 2.24) is 5.43 Å². The van der Waals surface area contributed by atoms with E-state index in [4.69, 9.17) is 9.47 Å². The molecule has 0 aliphatic carbocycles. The van der Waals surface area contributed by atoms with E-state index in [0.29, 0.717) is 22.6 Å². The minimum Gasteiger partial charge on any atom is -0.497 e. The van der Waals surface area contributed by atoms with Gasteiger partial charge in [0.2, 0.25) is 0 Å². The van der Waals surface area contributed by atoms with E-state index in [2.05, 4.69) is 10.5 Å². The van der Waals surface area contributed by atoms with E-state index in [1.54, 1.807) is 56.7 Å². The molecule has 0 unspecified atom stereocenters. The Labute approximate surface area is 140 Å². The zero-order chi connectivity index (χ0) is 17.4. The third kappa shape index (κ3) is 4.11. The van der Waals surface area contributed by atoms with Gasteiger partial charge in [0.25, 0.3) is 5.91 Å². The maximum absolute atomic E-state index is 12.1. The summed E-state index contributed by atoms with van der Waals surface area (Å²) in [6, 6.07) is 16.0. The number of nitriles is 1. The van der Waals surface area contributed by atoms with Crippen molar-refractivity contribution in [3.05, 3.63) is 59.7 Å². The van der Waals surface area contributed by atoms with Crippen LogP contribution in [0.3, 0.4) is 0 Å². The van der Waals surface area contributed by atoms with Gasteiger partial charge in [-0.2, -0.15) is 10.4 Å². The second kappa shape index (κ2) is 8.34. The van der Waals surface area contributed by atoms with Gasteiger partial charge in [0, 0.05) is 5.56 Å². The maximum atomic E-state index is 12.1. The van der Waals surface area contributed by atoms with Crippen LogP contribution in [-0.2, 0) is 4.79 Å². The Hall–Kier alpha value is -3.33. The first-order valence-corrected chi connectivity index (χ1v) is 7.19. The summed E-state index contributed by atoms with van der Waals surface area (Å²) >= 11 is 0. The molecular formula is C18H17N3O3. The number of nitrogens with one attached hydrogen (secondary N) is 1. The molecule has 1 atom stereocenters. The second-order valence-electron chi connectivity index (χ2n) is 4.81. The van der Waals surface area contributed by atoms with Crippen molar-refractivity contribution in [3.63, 3.8) is 0 Å². The summed E-state index contributed by atoms with van der Waals surface area (Å²) in [6.07, 6.45) is 1.44. The zero-order valence-electron chi connectivity index (χ0n) is 13.4. The molecule has 0 fully saturated rings. The van der Waals surface area contributed by atoms with Crippen LogP contribution in [-0.4, -0.2) is 26.3 Å². The Morgan fingerprint density at radius 2 is 1.96 bits per heavy atom. The van der Waals surface area contributed by atoms with Gasteiger partial charge in [0.15, 0.2) is 5.92 Å². The highest BCUT2D eigenvalue weighted by Crippen LogP contribution is 2.22. The molecular weight excluding hydrogens is 306 g/mol. The number of hydrogen-bond acceptors (Lipinski definition) is 5.